The third-order valence-corrected chi connectivity index (χ3v) is 16.3. The van der Waals surface area contributed by atoms with Gasteiger partial charge in [-0.05, 0) is 103 Å². The summed E-state index contributed by atoms with van der Waals surface area (Å²) in [7, 11) is 1.55. The van der Waals surface area contributed by atoms with Crippen molar-refractivity contribution in [2.24, 2.45) is 0 Å². The molecule has 3 saturated heterocycles. The molecule has 2 amide bonds. The molecule has 4 aliphatic heterocycles. The molecule has 3 unspecified atom stereocenters. The normalized spacial score (nSPS) is 19.9. The predicted octanol–water partition coefficient (Wildman–Crippen LogP) is 9.06. The first-order valence-corrected chi connectivity index (χ1v) is 24.2. The SMILES string of the molecule is CNC(=O)C(CCC=O)N1C(=O)c2cccc3c(C4CCN(c5nc6cc(CSN7C8CC(Nc9cccc(-c%10sc(C=O)c(OCC=O)c%10Cl)c9)CC7C8)ccc6o5)CC4)ccc1c23. The zero-order chi connectivity index (χ0) is 44.8. The van der Waals surface area contributed by atoms with Gasteiger partial charge in [-0.25, -0.2) is 4.31 Å². The topological polar surface area (TPSA) is 154 Å². The Hall–Kier alpha value is -5.74. The number of thiophene rings is 1. The molecule has 1 aliphatic carbocycles. The number of carbonyl (C=O) groups excluding carboxylic acids is 5. The van der Waals surface area contributed by atoms with Crippen molar-refractivity contribution in [1.82, 2.24) is 14.6 Å². The van der Waals surface area contributed by atoms with E-state index in [1.807, 2.05) is 48.3 Å². The van der Waals surface area contributed by atoms with Gasteiger partial charge in [0.25, 0.3) is 11.9 Å². The average Bonchev–Trinajstić information content (AvgIpc) is 4.00. The van der Waals surface area contributed by atoms with E-state index in [0.29, 0.717) is 52.2 Å². The molecular weight excluding hydrogens is 884 g/mol. The Bertz CT molecular complexity index is 2830. The van der Waals surface area contributed by atoms with Gasteiger partial charge < -0.3 is 29.5 Å². The molecule has 6 aromatic rings. The van der Waals surface area contributed by atoms with Crippen LogP contribution in [0.4, 0.5) is 17.4 Å². The van der Waals surface area contributed by atoms with E-state index in [4.69, 9.17) is 25.7 Å². The fourth-order valence-corrected chi connectivity index (χ4v) is 12.9. The van der Waals surface area contributed by atoms with Crippen LogP contribution in [0.3, 0.4) is 0 Å². The summed E-state index contributed by atoms with van der Waals surface area (Å²) >= 11 is 9.77. The zero-order valence-corrected chi connectivity index (χ0v) is 38.1. The molecule has 2 bridgehead atoms. The van der Waals surface area contributed by atoms with Crippen molar-refractivity contribution in [1.29, 1.82) is 0 Å². The van der Waals surface area contributed by atoms with Gasteiger partial charge in [-0.1, -0.05) is 59.9 Å². The summed E-state index contributed by atoms with van der Waals surface area (Å²) < 4.78 is 14.3. The summed E-state index contributed by atoms with van der Waals surface area (Å²) in [5.74, 6) is 0.879. The zero-order valence-electron chi connectivity index (χ0n) is 35.7. The number of hydrogen-bond donors (Lipinski definition) is 2. The summed E-state index contributed by atoms with van der Waals surface area (Å²) in [4.78, 5) is 70.3. The maximum Gasteiger partial charge on any atom is 0.298 e. The van der Waals surface area contributed by atoms with Crippen LogP contribution in [0.25, 0.3) is 32.3 Å². The van der Waals surface area contributed by atoms with Crippen LogP contribution in [0.15, 0.2) is 77.2 Å². The van der Waals surface area contributed by atoms with Crippen molar-refractivity contribution in [2.45, 2.75) is 80.8 Å². The van der Waals surface area contributed by atoms with Crippen LogP contribution in [-0.4, -0.2) is 90.9 Å². The number of hydrogen-bond acceptors (Lipinski definition) is 13. The van der Waals surface area contributed by atoms with Crippen LogP contribution in [0.1, 0.15) is 82.0 Å². The van der Waals surface area contributed by atoms with Crippen LogP contribution in [-0.2, 0) is 20.1 Å². The van der Waals surface area contributed by atoms with Gasteiger partial charge in [-0.3, -0.25) is 24.1 Å². The fourth-order valence-electron chi connectivity index (χ4n) is 10.3. The largest absolute Gasteiger partial charge is 0.483 e. The van der Waals surface area contributed by atoms with Crippen LogP contribution < -0.4 is 25.2 Å². The van der Waals surface area contributed by atoms with E-state index in [1.54, 1.807) is 11.9 Å². The molecule has 4 aromatic carbocycles. The molecule has 2 aromatic heterocycles. The predicted molar refractivity (Wildman–Crippen MR) is 256 cm³/mol. The van der Waals surface area contributed by atoms with E-state index in [1.165, 1.54) is 28.9 Å². The van der Waals surface area contributed by atoms with Crippen molar-refractivity contribution in [2.75, 3.05) is 41.9 Å². The Morgan fingerprint density at radius 3 is 2.60 bits per heavy atom. The van der Waals surface area contributed by atoms with E-state index in [9.17, 15) is 24.0 Å². The Labute approximate surface area is 388 Å². The van der Waals surface area contributed by atoms with Gasteiger partial charge in [0.15, 0.2) is 23.9 Å². The minimum atomic E-state index is -0.767. The second kappa shape index (κ2) is 18.3. The lowest BCUT2D eigenvalue weighted by atomic mass is 9.79. The quantitative estimate of drug-likeness (QED) is 0.0663. The minimum Gasteiger partial charge on any atom is -0.483 e. The highest BCUT2D eigenvalue weighted by Gasteiger charge is 2.46. The van der Waals surface area contributed by atoms with E-state index in [2.05, 4.69) is 56.2 Å². The van der Waals surface area contributed by atoms with Gasteiger partial charge >= 0.3 is 0 Å². The van der Waals surface area contributed by atoms with Crippen molar-refractivity contribution in [3.05, 3.63) is 99.4 Å². The minimum absolute atomic E-state index is 0.168. The monoisotopic (exact) mass is 930 g/mol. The van der Waals surface area contributed by atoms with Crippen molar-refractivity contribution < 1.29 is 33.1 Å². The number of aldehydes is 3. The van der Waals surface area contributed by atoms with Crippen molar-refractivity contribution >= 4 is 105 Å². The number of amides is 2. The lowest BCUT2D eigenvalue weighted by Crippen LogP contribution is -2.59. The molecule has 13 nitrogen and oxygen atoms in total. The lowest BCUT2D eigenvalue weighted by Gasteiger charge is -2.54. The molecule has 16 heteroatoms. The third kappa shape index (κ3) is 8.06. The number of ether oxygens (including phenoxy) is 1. The van der Waals surface area contributed by atoms with Crippen LogP contribution in [0.2, 0.25) is 5.02 Å². The summed E-state index contributed by atoms with van der Waals surface area (Å²) in [5.41, 5.74) is 7.23. The molecule has 4 fully saturated rings. The average molecular weight is 932 g/mol. The Kier molecular flexibility index (Phi) is 12.1. The van der Waals surface area contributed by atoms with Crippen molar-refractivity contribution in [3.8, 4) is 16.2 Å². The molecule has 2 N–H and O–H groups in total. The molecule has 0 radical (unpaired) electrons. The number of carbonyl (C=O) groups is 5. The maximum absolute atomic E-state index is 13.8. The second-order valence-corrected chi connectivity index (χ2v) is 19.5. The third-order valence-electron chi connectivity index (χ3n) is 13.3. The highest BCUT2D eigenvalue weighted by atomic mass is 35.5. The van der Waals surface area contributed by atoms with Gasteiger partial charge in [0.2, 0.25) is 5.91 Å². The summed E-state index contributed by atoms with van der Waals surface area (Å²) in [6, 6.07) is 25.5. The van der Waals surface area contributed by atoms with E-state index in [-0.39, 0.29) is 42.9 Å². The highest BCUT2D eigenvalue weighted by Crippen LogP contribution is 2.48. The molecule has 65 heavy (non-hydrogen) atoms. The number of likely N-dealkylation sites (N-methyl/N-ethyl adjacent to an activating group) is 1. The summed E-state index contributed by atoms with van der Waals surface area (Å²) in [6.45, 7) is 1.39. The van der Waals surface area contributed by atoms with Gasteiger partial charge in [-0.15, -0.1) is 11.3 Å². The fraction of sp³-hybridized carbons (Fsp3) is 0.347. The molecule has 1 saturated carbocycles. The number of nitrogens with zero attached hydrogens (tertiary/aromatic N) is 4. The first-order chi connectivity index (χ1) is 31.8. The highest BCUT2D eigenvalue weighted by molar-refractivity contribution is 7.96. The van der Waals surface area contributed by atoms with Gasteiger partial charge in [0.05, 0.1) is 10.6 Å². The number of benzene rings is 4. The van der Waals surface area contributed by atoms with Gasteiger partial charge in [-0.2, -0.15) is 4.98 Å². The van der Waals surface area contributed by atoms with E-state index in [0.717, 1.165) is 94.5 Å². The molecule has 0 spiro atoms. The number of rotatable bonds is 17. The maximum atomic E-state index is 13.8. The number of fused-ring (bicyclic) bond motifs is 3. The molecule has 334 valence electrons. The lowest BCUT2D eigenvalue weighted by molar-refractivity contribution is -0.122. The first kappa shape index (κ1) is 43.2. The number of oxazole rings is 1. The van der Waals surface area contributed by atoms with Gasteiger partial charge in [0.1, 0.15) is 34.4 Å². The summed E-state index contributed by atoms with van der Waals surface area (Å²) in [6.07, 6.45) is 7.63. The number of piperidine rings is 2. The molecule has 11 rings (SSSR count). The van der Waals surface area contributed by atoms with E-state index >= 15 is 0 Å². The Morgan fingerprint density at radius 2 is 1.83 bits per heavy atom. The number of aromatic nitrogens is 1. The number of nitrogens with one attached hydrogen (secondary N) is 2. The molecular formula is C49H47ClN6O7S2. The van der Waals surface area contributed by atoms with Crippen LogP contribution in [0, 0.1) is 0 Å². The molecule has 3 atom stereocenters. The molecule has 6 heterocycles. The van der Waals surface area contributed by atoms with E-state index < -0.39 is 6.04 Å². The Morgan fingerprint density at radius 1 is 1.02 bits per heavy atom. The van der Waals surface area contributed by atoms with Crippen LogP contribution in [0.5, 0.6) is 5.75 Å². The molecule has 5 aliphatic rings. The number of halogens is 1. The first-order valence-electron chi connectivity index (χ1n) is 22.1. The second-order valence-electron chi connectivity index (χ2n) is 17.1. The van der Waals surface area contributed by atoms with Gasteiger partial charge in [0, 0.05) is 67.1 Å². The summed E-state index contributed by atoms with van der Waals surface area (Å²) in [5, 5.41) is 8.67. The van der Waals surface area contributed by atoms with Crippen molar-refractivity contribution in [3.63, 3.8) is 0 Å². The Balaban J connectivity index is 0.745. The number of anilines is 3. The smallest absolute Gasteiger partial charge is 0.298 e. The van der Waals surface area contributed by atoms with Crippen LogP contribution >= 0.6 is 34.9 Å². The standard InChI is InChI=1S/C49H47ClN6O7S2/c1-51-47(60)40(9-4-18-57)55-39-12-11-35(36-7-3-8-37(43(36)39)48(55)61)29-14-16-54(17-15-29)49-53-38-21-28(10-13-41(38)63-49)27-64-56-33-23-32(24-34(56)25-33)52-31-6-2-5-30(22-31)46-44(50)45(62-20-19-58)42(26-59)65-46/h2-3,5-8,10-13,18-19,21-22,26,29,32-34,40,52H,4,9,14-17,20,23-25,27H2,1H3,(H,51,60).